The summed E-state index contributed by atoms with van der Waals surface area (Å²) in [6.45, 7) is 6.19. The smallest absolute Gasteiger partial charge is 0.103 e. The van der Waals surface area contributed by atoms with Crippen LogP contribution in [0.5, 0.6) is 0 Å². The third kappa shape index (κ3) is 3.73. The van der Waals surface area contributed by atoms with E-state index in [4.69, 9.17) is 4.42 Å². The maximum Gasteiger partial charge on any atom is 0.103 e. The van der Waals surface area contributed by atoms with Gasteiger partial charge >= 0.3 is 0 Å². The topological polar surface area (TPSA) is 43.0 Å². The van der Waals surface area contributed by atoms with Crippen LogP contribution in [0.25, 0.3) is 0 Å². The molecule has 2 aromatic heterocycles. The Morgan fingerprint density at radius 3 is 2.95 bits per heavy atom. The summed E-state index contributed by atoms with van der Waals surface area (Å²) in [4.78, 5) is 0. The predicted molar refractivity (Wildman–Crippen MR) is 83.7 cm³/mol. The number of halogens is 1. The van der Waals surface area contributed by atoms with E-state index in [1.807, 2.05) is 18.3 Å². The van der Waals surface area contributed by atoms with Crippen LogP contribution in [0.15, 0.2) is 33.5 Å². The molecule has 0 saturated heterocycles. The molecule has 0 spiro atoms. The highest BCUT2D eigenvalue weighted by atomic mass is 79.9. The van der Waals surface area contributed by atoms with Crippen molar-refractivity contribution in [1.82, 2.24) is 15.1 Å². The molecular formula is C15H22BrN3O. The fourth-order valence-corrected chi connectivity index (χ4v) is 2.94. The SMILES string of the molecule is CCCNC(CCc1ccco1)c1c(Br)cnn1CC. The van der Waals surface area contributed by atoms with Crippen LogP contribution in [0.2, 0.25) is 0 Å². The molecule has 2 rings (SSSR count). The lowest BCUT2D eigenvalue weighted by Crippen LogP contribution is -2.25. The van der Waals surface area contributed by atoms with Crippen LogP contribution in [-0.2, 0) is 13.0 Å². The summed E-state index contributed by atoms with van der Waals surface area (Å²) in [5.41, 5.74) is 1.23. The normalized spacial score (nSPS) is 12.8. The lowest BCUT2D eigenvalue weighted by Gasteiger charge is -2.20. The van der Waals surface area contributed by atoms with Crippen LogP contribution in [0.1, 0.15) is 44.2 Å². The lowest BCUT2D eigenvalue weighted by molar-refractivity contribution is 0.428. The maximum atomic E-state index is 5.43. The molecule has 1 N–H and O–H groups in total. The Kier molecular flexibility index (Phi) is 5.86. The summed E-state index contributed by atoms with van der Waals surface area (Å²) >= 11 is 3.62. The van der Waals surface area contributed by atoms with Gasteiger partial charge in [-0.1, -0.05) is 6.92 Å². The first-order valence-corrected chi connectivity index (χ1v) is 8.02. The number of nitrogens with one attached hydrogen (secondary N) is 1. The van der Waals surface area contributed by atoms with E-state index in [0.717, 1.165) is 42.6 Å². The van der Waals surface area contributed by atoms with Gasteiger partial charge in [0.2, 0.25) is 0 Å². The molecule has 0 amide bonds. The average Bonchev–Trinajstić information content (AvgIpc) is 3.09. The zero-order chi connectivity index (χ0) is 14.4. The van der Waals surface area contributed by atoms with Gasteiger partial charge in [-0.15, -0.1) is 0 Å². The maximum absolute atomic E-state index is 5.43. The van der Waals surface area contributed by atoms with Crippen molar-refractivity contribution >= 4 is 15.9 Å². The second-order valence-corrected chi connectivity index (χ2v) is 5.67. The van der Waals surface area contributed by atoms with Crippen molar-refractivity contribution in [2.24, 2.45) is 0 Å². The lowest BCUT2D eigenvalue weighted by atomic mass is 10.1. The minimum absolute atomic E-state index is 0.289. The van der Waals surface area contributed by atoms with Crippen molar-refractivity contribution in [1.29, 1.82) is 0 Å². The molecule has 1 unspecified atom stereocenters. The van der Waals surface area contributed by atoms with E-state index in [2.05, 4.69) is 44.9 Å². The van der Waals surface area contributed by atoms with E-state index in [-0.39, 0.29) is 6.04 Å². The molecule has 0 fully saturated rings. The van der Waals surface area contributed by atoms with E-state index >= 15 is 0 Å². The van der Waals surface area contributed by atoms with E-state index in [1.165, 1.54) is 5.69 Å². The number of hydrogen-bond acceptors (Lipinski definition) is 3. The van der Waals surface area contributed by atoms with Crippen LogP contribution < -0.4 is 5.32 Å². The number of furan rings is 1. The molecule has 2 aromatic rings. The Balaban J connectivity index is 2.11. The Labute approximate surface area is 128 Å². The van der Waals surface area contributed by atoms with Crippen molar-refractivity contribution < 1.29 is 4.42 Å². The average molecular weight is 340 g/mol. The van der Waals surface area contributed by atoms with Gasteiger partial charge in [-0.25, -0.2) is 0 Å². The first-order chi connectivity index (χ1) is 9.76. The van der Waals surface area contributed by atoms with Crippen molar-refractivity contribution in [3.8, 4) is 0 Å². The number of nitrogens with zero attached hydrogens (tertiary/aromatic N) is 2. The van der Waals surface area contributed by atoms with Crippen molar-refractivity contribution in [3.63, 3.8) is 0 Å². The van der Waals surface area contributed by atoms with Crippen LogP contribution in [0.3, 0.4) is 0 Å². The highest BCUT2D eigenvalue weighted by Gasteiger charge is 2.19. The largest absolute Gasteiger partial charge is 0.469 e. The molecule has 20 heavy (non-hydrogen) atoms. The van der Waals surface area contributed by atoms with E-state index in [0.29, 0.717) is 0 Å². The molecule has 0 radical (unpaired) electrons. The van der Waals surface area contributed by atoms with Gasteiger partial charge < -0.3 is 9.73 Å². The quantitative estimate of drug-likeness (QED) is 0.792. The molecule has 0 bridgehead atoms. The molecule has 0 aliphatic carbocycles. The molecule has 2 heterocycles. The molecule has 0 saturated carbocycles. The van der Waals surface area contributed by atoms with Gasteiger partial charge in [0.05, 0.1) is 28.7 Å². The highest BCUT2D eigenvalue weighted by Crippen LogP contribution is 2.27. The van der Waals surface area contributed by atoms with Gasteiger partial charge in [0.25, 0.3) is 0 Å². The molecule has 0 aromatic carbocycles. The molecular weight excluding hydrogens is 318 g/mol. The van der Waals surface area contributed by atoms with Crippen molar-refractivity contribution in [2.75, 3.05) is 6.54 Å². The van der Waals surface area contributed by atoms with Gasteiger partial charge in [-0.3, -0.25) is 4.68 Å². The van der Waals surface area contributed by atoms with Gasteiger partial charge in [-0.2, -0.15) is 5.10 Å². The van der Waals surface area contributed by atoms with Crippen molar-refractivity contribution in [2.45, 2.75) is 45.7 Å². The van der Waals surface area contributed by atoms with Gasteiger partial charge in [0.15, 0.2) is 0 Å². The fourth-order valence-electron chi connectivity index (χ4n) is 2.37. The predicted octanol–water partition coefficient (Wildman–Crippen LogP) is 3.93. The molecule has 4 nitrogen and oxygen atoms in total. The van der Waals surface area contributed by atoms with Crippen LogP contribution in [0.4, 0.5) is 0 Å². The summed E-state index contributed by atoms with van der Waals surface area (Å²) in [5.74, 6) is 1.03. The highest BCUT2D eigenvalue weighted by molar-refractivity contribution is 9.10. The molecule has 0 aliphatic heterocycles. The van der Waals surface area contributed by atoms with Gasteiger partial charge in [0.1, 0.15) is 5.76 Å². The molecule has 1 atom stereocenters. The number of aromatic nitrogens is 2. The summed E-state index contributed by atoms with van der Waals surface area (Å²) in [7, 11) is 0. The van der Waals surface area contributed by atoms with E-state index in [9.17, 15) is 0 Å². The summed E-state index contributed by atoms with van der Waals surface area (Å²) in [6.07, 6.45) is 6.66. The Morgan fingerprint density at radius 2 is 2.30 bits per heavy atom. The number of hydrogen-bond donors (Lipinski definition) is 1. The van der Waals surface area contributed by atoms with E-state index < -0.39 is 0 Å². The molecule has 110 valence electrons. The second-order valence-electron chi connectivity index (χ2n) is 4.82. The van der Waals surface area contributed by atoms with E-state index in [1.54, 1.807) is 6.26 Å². The van der Waals surface area contributed by atoms with Crippen LogP contribution in [-0.4, -0.2) is 16.3 Å². The third-order valence-electron chi connectivity index (χ3n) is 3.36. The third-order valence-corrected chi connectivity index (χ3v) is 3.97. The van der Waals surface area contributed by atoms with Crippen molar-refractivity contribution in [3.05, 3.63) is 40.5 Å². The van der Waals surface area contributed by atoms with Crippen LogP contribution >= 0.6 is 15.9 Å². The molecule has 0 aliphatic rings. The summed E-state index contributed by atoms with van der Waals surface area (Å²) in [5, 5.41) is 8.03. The summed E-state index contributed by atoms with van der Waals surface area (Å²) < 4.78 is 8.56. The minimum atomic E-state index is 0.289. The monoisotopic (exact) mass is 339 g/mol. The zero-order valence-electron chi connectivity index (χ0n) is 12.1. The number of rotatable bonds is 8. The Morgan fingerprint density at radius 1 is 1.45 bits per heavy atom. The number of aryl methyl sites for hydroxylation is 2. The minimum Gasteiger partial charge on any atom is -0.469 e. The second kappa shape index (κ2) is 7.64. The Hall–Kier alpha value is -1.07. The van der Waals surface area contributed by atoms with Crippen LogP contribution in [0, 0.1) is 0 Å². The standard InChI is InChI=1S/C15H22BrN3O/c1-3-9-17-14(8-7-12-6-5-10-20-12)15-13(16)11-18-19(15)4-2/h5-6,10-11,14,17H,3-4,7-9H2,1-2H3. The van der Waals surface area contributed by atoms with Gasteiger partial charge in [0, 0.05) is 13.0 Å². The Bertz CT molecular complexity index is 507. The zero-order valence-corrected chi connectivity index (χ0v) is 13.7. The first-order valence-electron chi connectivity index (χ1n) is 7.23. The van der Waals surface area contributed by atoms with Gasteiger partial charge in [-0.05, 0) is 54.4 Å². The summed E-state index contributed by atoms with van der Waals surface area (Å²) in [6, 6.07) is 4.26. The fraction of sp³-hybridized carbons (Fsp3) is 0.533. The molecule has 5 heteroatoms. The first kappa shape index (κ1) is 15.3.